The fourth-order valence-corrected chi connectivity index (χ4v) is 3.28. The summed E-state index contributed by atoms with van der Waals surface area (Å²) in [6.45, 7) is -0.0924. The molecule has 7 heteroatoms. The summed E-state index contributed by atoms with van der Waals surface area (Å²) < 4.78 is 1.31. The van der Waals surface area contributed by atoms with Crippen molar-refractivity contribution in [3.05, 3.63) is 76.8 Å². The third-order valence-corrected chi connectivity index (χ3v) is 4.72. The highest BCUT2D eigenvalue weighted by molar-refractivity contribution is 7.13. The molecule has 0 aliphatic rings. The lowest BCUT2D eigenvalue weighted by atomic mass is 10.2. The van der Waals surface area contributed by atoms with Gasteiger partial charge in [-0.25, -0.2) is 9.97 Å². The Labute approximate surface area is 152 Å². The van der Waals surface area contributed by atoms with E-state index in [1.165, 1.54) is 10.9 Å². The molecule has 2 heterocycles. The van der Waals surface area contributed by atoms with E-state index in [4.69, 9.17) is 0 Å². The molecule has 0 bridgehead atoms. The molecule has 4 rings (SSSR count). The Balaban J connectivity index is 1.49. The Morgan fingerprint density at radius 2 is 1.88 bits per heavy atom. The molecule has 0 saturated heterocycles. The number of nitrogens with one attached hydrogen (secondary N) is 1. The number of anilines is 1. The zero-order valence-corrected chi connectivity index (χ0v) is 14.4. The molecule has 2 aromatic heterocycles. The number of fused-ring (bicyclic) bond motifs is 1. The molecule has 128 valence electrons. The molecule has 0 aliphatic carbocycles. The van der Waals surface area contributed by atoms with E-state index in [2.05, 4.69) is 15.3 Å². The number of carbonyl (C=O) groups excluding carboxylic acids is 1. The molecule has 0 atom stereocenters. The van der Waals surface area contributed by atoms with E-state index in [-0.39, 0.29) is 18.0 Å². The Morgan fingerprint density at radius 1 is 1.08 bits per heavy atom. The highest BCUT2D eigenvalue weighted by Crippen LogP contribution is 2.23. The standard InChI is InChI=1S/C19H14N4O2S/c24-17(11-23-12-21-16-4-2-1-3-15(16)19(23)25)22-14-7-5-13(6-8-14)18-20-9-10-26-18/h1-10,12H,11H2,(H,22,24). The number of amides is 1. The SMILES string of the molecule is O=C(Cn1cnc2ccccc2c1=O)Nc1ccc(-c2nccs2)cc1. The summed E-state index contributed by atoms with van der Waals surface area (Å²) in [4.78, 5) is 33.2. The normalized spacial score (nSPS) is 10.8. The maximum Gasteiger partial charge on any atom is 0.261 e. The number of nitrogens with zero attached hydrogens (tertiary/aromatic N) is 3. The van der Waals surface area contributed by atoms with Gasteiger partial charge in [-0.15, -0.1) is 11.3 Å². The highest BCUT2D eigenvalue weighted by atomic mass is 32.1. The molecule has 4 aromatic rings. The van der Waals surface area contributed by atoms with E-state index in [0.717, 1.165) is 10.6 Å². The summed E-state index contributed by atoms with van der Waals surface area (Å²) in [6, 6.07) is 14.5. The molecule has 1 N–H and O–H groups in total. The van der Waals surface area contributed by atoms with E-state index >= 15 is 0 Å². The van der Waals surface area contributed by atoms with E-state index in [1.807, 2.05) is 35.7 Å². The summed E-state index contributed by atoms with van der Waals surface area (Å²) >= 11 is 1.56. The van der Waals surface area contributed by atoms with Crippen molar-refractivity contribution < 1.29 is 4.79 Å². The van der Waals surface area contributed by atoms with Gasteiger partial charge in [0.15, 0.2) is 0 Å². The first-order valence-electron chi connectivity index (χ1n) is 7.95. The second-order valence-corrected chi connectivity index (χ2v) is 6.55. The minimum absolute atomic E-state index is 0.0924. The number of benzene rings is 2. The molecular weight excluding hydrogens is 348 g/mol. The molecular formula is C19H14N4O2S. The van der Waals surface area contributed by atoms with Crippen LogP contribution in [-0.4, -0.2) is 20.4 Å². The van der Waals surface area contributed by atoms with Gasteiger partial charge in [-0.1, -0.05) is 12.1 Å². The van der Waals surface area contributed by atoms with Crippen LogP contribution in [0.5, 0.6) is 0 Å². The fraction of sp³-hybridized carbons (Fsp3) is 0.0526. The summed E-state index contributed by atoms with van der Waals surface area (Å²) in [5.74, 6) is -0.286. The number of hydrogen-bond acceptors (Lipinski definition) is 5. The van der Waals surface area contributed by atoms with Crippen molar-refractivity contribution in [1.82, 2.24) is 14.5 Å². The zero-order valence-electron chi connectivity index (χ0n) is 13.6. The van der Waals surface area contributed by atoms with Crippen LogP contribution in [0.25, 0.3) is 21.5 Å². The second-order valence-electron chi connectivity index (χ2n) is 5.66. The lowest BCUT2D eigenvalue weighted by Gasteiger charge is -2.08. The van der Waals surface area contributed by atoms with Gasteiger partial charge in [0.2, 0.25) is 5.91 Å². The molecule has 0 spiro atoms. The van der Waals surface area contributed by atoms with Crippen molar-refractivity contribution in [2.24, 2.45) is 0 Å². The van der Waals surface area contributed by atoms with E-state index in [9.17, 15) is 9.59 Å². The fourth-order valence-electron chi connectivity index (χ4n) is 2.64. The topological polar surface area (TPSA) is 76.9 Å². The number of rotatable bonds is 4. The van der Waals surface area contributed by atoms with Crippen LogP contribution in [0.3, 0.4) is 0 Å². The average Bonchev–Trinajstić information content (AvgIpc) is 3.20. The molecule has 0 fully saturated rings. The maximum atomic E-state index is 12.4. The lowest BCUT2D eigenvalue weighted by Crippen LogP contribution is -2.27. The van der Waals surface area contributed by atoms with Gasteiger partial charge >= 0.3 is 0 Å². The Bertz CT molecular complexity index is 1120. The number of carbonyl (C=O) groups is 1. The van der Waals surface area contributed by atoms with E-state index < -0.39 is 0 Å². The van der Waals surface area contributed by atoms with Crippen LogP contribution in [0.4, 0.5) is 5.69 Å². The van der Waals surface area contributed by atoms with Gasteiger partial charge in [0.25, 0.3) is 5.56 Å². The van der Waals surface area contributed by atoms with Crippen molar-refractivity contribution in [3.63, 3.8) is 0 Å². The van der Waals surface area contributed by atoms with E-state index in [0.29, 0.717) is 16.6 Å². The Morgan fingerprint density at radius 3 is 2.65 bits per heavy atom. The van der Waals surface area contributed by atoms with Crippen LogP contribution in [0, 0.1) is 0 Å². The predicted octanol–water partition coefficient (Wildman–Crippen LogP) is 3.16. The van der Waals surface area contributed by atoms with Gasteiger partial charge in [-0.3, -0.25) is 14.2 Å². The monoisotopic (exact) mass is 362 g/mol. The number of para-hydroxylation sites is 1. The van der Waals surface area contributed by atoms with Crippen molar-refractivity contribution in [2.75, 3.05) is 5.32 Å². The summed E-state index contributed by atoms with van der Waals surface area (Å²) in [7, 11) is 0. The number of aromatic nitrogens is 3. The highest BCUT2D eigenvalue weighted by Gasteiger charge is 2.08. The van der Waals surface area contributed by atoms with Gasteiger partial charge in [0.1, 0.15) is 11.6 Å². The van der Waals surface area contributed by atoms with Crippen molar-refractivity contribution in [1.29, 1.82) is 0 Å². The van der Waals surface area contributed by atoms with Crippen LogP contribution < -0.4 is 10.9 Å². The first-order chi connectivity index (χ1) is 12.7. The number of hydrogen-bond donors (Lipinski definition) is 1. The third kappa shape index (κ3) is 3.25. The minimum atomic E-state index is -0.286. The second kappa shape index (κ2) is 6.89. The smallest absolute Gasteiger partial charge is 0.261 e. The van der Waals surface area contributed by atoms with Crippen LogP contribution in [0.2, 0.25) is 0 Å². The molecule has 0 aliphatic heterocycles. The molecule has 26 heavy (non-hydrogen) atoms. The van der Waals surface area contributed by atoms with Gasteiger partial charge in [0, 0.05) is 22.8 Å². The molecule has 1 amide bonds. The molecule has 2 aromatic carbocycles. The zero-order chi connectivity index (χ0) is 17.9. The first kappa shape index (κ1) is 16.2. The molecule has 0 radical (unpaired) electrons. The third-order valence-electron chi connectivity index (χ3n) is 3.89. The molecule has 6 nitrogen and oxygen atoms in total. The quantitative estimate of drug-likeness (QED) is 0.605. The number of thiazole rings is 1. The van der Waals surface area contributed by atoms with Crippen molar-refractivity contribution in [2.45, 2.75) is 6.54 Å². The molecule has 0 unspecified atom stereocenters. The van der Waals surface area contributed by atoms with Gasteiger partial charge < -0.3 is 5.32 Å². The van der Waals surface area contributed by atoms with Crippen LogP contribution >= 0.6 is 11.3 Å². The van der Waals surface area contributed by atoms with Gasteiger partial charge in [-0.05, 0) is 36.4 Å². The Hall–Kier alpha value is -3.32. The van der Waals surface area contributed by atoms with Crippen LogP contribution in [0.1, 0.15) is 0 Å². The minimum Gasteiger partial charge on any atom is -0.325 e. The largest absolute Gasteiger partial charge is 0.325 e. The summed E-state index contributed by atoms with van der Waals surface area (Å²) in [5, 5.41) is 6.14. The van der Waals surface area contributed by atoms with E-state index in [1.54, 1.807) is 35.7 Å². The van der Waals surface area contributed by atoms with Crippen molar-refractivity contribution >= 4 is 33.8 Å². The lowest BCUT2D eigenvalue weighted by molar-refractivity contribution is -0.116. The van der Waals surface area contributed by atoms with Gasteiger partial charge in [-0.2, -0.15) is 0 Å². The average molecular weight is 362 g/mol. The maximum absolute atomic E-state index is 12.4. The summed E-state index contributed by atoms with van der Waals surface area (Å²) in [6.07, 6.45) is 3.15. The summed E-state index contributed by atoms with van der Waals surface area (Å²) in [5.41, 5.74) is 2.04. The Kier molecular flexibility index (Phi) is 4.28. The van der Waals surface area contributed by atoms with Crippen LogP contribution in [0.15, 0.2) is 71.2 Å². The molecule has 0 saturated carbocycles. The van der Waals surface area contributed by atoms with Gasteiger partial charge in [0.05, 0.1) is 17.2 Å². The van der Waals surface area contributed by atoms with Crippen LogP contribution in [-0.2, 0) is 11.3 Å². The predicted molar refractivity (Wildman–Crippen MR) is 102 cm³/mol. The van der Waals surface area contributed by atoms with Crippen molar-refractivity contribution in [3.8, 4) is 10.6 Å². The first-order valence-corrected chi connectivity index (χ1v) is 8.82.